The van der Waals surface area contributed by atoms with E-state index in [4.69, 9.17) is 0 Å². The van der Waals surface area contributed by atoms with Crippen LogP contribution in [0.25, 0.3) is 21.8 Å². The molecule has 3 rings (SSSR count). The Morgan fingerprint density at radius 1 is 1.24 bits per heavy atom. The molecule has 0 aliphatic heterocycles. The van der Waals surface area contributed by atoms with Crippen molar-refractivity contribution in [1.82, 2.24) is 9.97 Å². The van der Waals surface area contributed by atoms with E-state index in [9.17, 15) is 4.79 Å². The lowest BCUT2D eigenvalue weighted by molar-refractivity contribution is -0.114. The number of amides is 1. The van der Waals surface area contributed by atoms with E-state index >= 15 is 0 Å². The average molecular weight is 225 g/mol. The van der Waals surface area contributed by atoms with E-state index in [2.05, 4.69) is 15.3 Å². The van der Waals surface area contributed by atoms with Gasteiger partial charge in [0.1, 0.15) is 5.82 Å². The normalized spacial score (nSPS) is 10.9. The van der Waals surface area contributed by atoms with Crippen molar-refractivity contribution in [3.8, 4) is 0 Å². The molecule has 4 heteroatoms. The van der Waals surface area contributed by atoms with Gasteiger partial charge in [-0.25, -0.2) is 4.98 Å². The second-order valence-corrected chi connectivity index (χ2v) is 3.97. The summed E-state index contributed by atoms with van der Waals surface area (Å²) >= 11 is 0. The summed E-state index contributed by atoms with van der Waals surface area (Å²) in [5, 5.41) is 4.89. The van der Waals surface area contributed by atoms with Crippen molar-refractivity contribution in [2.24, 2.45) is 0 Å². The number of para-hydroxylation sites is 1. The number of carbonyl (C=O) groups excluding carboxylic acids is 1. The number of hydrogen-bond donors (Lipinski definition) is 2. The van der Waals surface area contributed by atoms with E-state index in [1.165, 1.54) is 6.92 Å². The molecule has 2 N–H and O–H groups in total. The van der Waals surface area contributed by atoms with Gasteiger partial charge in [-0.1, -0.05) is 18.2 Å². The van der Waals surface area contributed by atoms with Crippen molar-refractivity contribution < 1.29 is 4.79 Å². The van der Waals surface area contributed by atoms with Crippen LogP contribution in [0.15, 0.2) is 36.5 Å². The third-order valence-corrected chi connectivity index (χ3v) is 2.69. The number of nitrogens with zero attached hydrogens (tertiary/aromatic N) is 1. The lowest BCUT2D eigenvalue weighted by Gasteiger charge is -2.00. The van der Waals surface area contributed by atoms with Crippen molar-refractivity contribution in [3.63, 3.8) is 0 Å². The Labute approximate surface area is 97.7 Å². The molecule has 0 aliphatic rings. The Bertz CT molecular complexity index is 715. The largest absolute Gasteiger partial charge is 0.353 e. The van der Waals surface area contributed by atoms with Crippen molar-refractivity contribution in [2.75, 3.05) is 5.32 Å². The summed E-state index contributed by atoms with van der Waals surface area (Å²) in [7, 11) is 0. The Morgan fingerprint density at radius 2 is 2.06 bits per heavy atom. The molecule has 1 aromatic carbocycles. The lowest BCUT2D eigenvalue weighted by Crippen LogP contribution is -2.06. The molecule has 0 bridgehead atoms. The number of rotatable bonds is 1. The molecular weight excluding hydrogens is 214 g/mol. The van der Waals surface area contributed by atoms with Crippen LogP contribution in [0.4, 0.5) is 5.82 Å². The summed E-state index contributed by atoms with van der Waals surface area (Å²) in [6.45, 7) is 1.47. The maximum atomic E-state index is 11.0. The molecule has 0 spiro atoms. The predicted molar refractivity (Wildman–Crippen MR) is 67.9 cm³/mol. The quantitative estimate of drug-likeness (QED) is 0.669. The van der Waals surface area contributed by atoms with E-state index in [1.54, 1.807) is 6.20 Å². The second kappa shape index (κ2) is 3.59. The van der Waals surface area contributed by atoms with Crippen molar-refractivity contribution >= 4 is 33.5 Å². The zero-order valence-corrected chi connectivity index (χ0v) is 9.32. The zero-order valence-electron chi connectivity index (χ0n) is 9.32. The van der Waals surface area contributed by atoms with Crippen LogP contribution in [0.5, 0.6) is 0 Å². The van der Waals surface area contributed by atoms with Crippen molar-refractivity contribution in [2.45, 2.75) is 6.92 Å². The summed E-state index contributed by atoms with van der Waals surface area (Å²) in [5.41, 5.74) is 2.05. The number of aromatic nitrogens is 2. The first-order valence-electron chi connectivity index (χ1n) is 5.38. The van der Waals surface area contributed by atoms with E-state index in [0.29, 0.717) is 5.82 Å². The van der Waals surface area contributed by atoms with Crippen LogP contribution < -0.4 is 5.32 Å². The third kappa shape index (κ3) is 1.63. The van der Waals surface area contributed by atoms with Crippen LogP contribution in [0.2, 0.25) is 0 Å². The van der Waals surface area contributed by atoms with Crippen LogP contribution in [0.1, 0.15) is 6.92 Å². The topological polar surface area (TPSA) is 57.8 Å². The number of nitrogens with one attached hydrogen (secondary N) is 2. The minimum absolute atomic E-state index is 0.114. The highest BCUT2D eigenvalue weighted by Gasteiger charge is 2.05. The summed E-state index contributed by atoms with van der Waals surface area (Å²) in [5.74, 6) is 0.464. The van der Waals surface area contributed by atoms with Gasteiger partial charge in [-0.05, 0) is 12.1 Å². The molecule has 2 aromatic heterocycles. The number of anilines is 1. The van der Waals surface area contributed by atoms with E-state index in [0.717, 1.165) is 21.8 Å². The number of benzene rings is 1. The molecule has 17 heavy (non-hydrogen) atoms. The smallest absolute Gasteiger partial charge is 0.222 e. The number of H-pyrrole nitrogens is 1. The number of pyridine rings is 1. The van der Waals surface area contributed by atoms with E-state index < -0.39 is 0 Å². The van der Waals surface area contributed by atoms with Gasteiger partial charge in [-0.3, -0.25) is 4.79 Å². The van der Waals surface area contributed by atoms with E-state index in [-0.39, 0.29) is 5.91 Å². The van der Waals surface area contributed by atoms with Crippen LogP contribution in [0.3, 0.4) is 0 Å². The maximum absolute atomic E-state index is 11.0. The first-order valence-corrected chi connectivity index (χ1v) is 5.38. The fourth-order valence-electron chi connectivity index (χ4n) is 2.00. The molecule has 3 aromatic rings. The molecule has 0 unspecified atom stereocenters. The molecule has 0 saturated carbocycles. The molecule has 4 nitrogen and oxygen atoms in total. The van der Waals surface area contributed by atoms with Crippen LogP contribution in [-0.2, 0) is 4.79 Å². The summed E-state index contributed by atoms with van der Waals surface area (Å²) in [4.78, 5) is 18.5. The van der Waals surface area contributed by atoms with Crippen LogP contribution in [0, 0.1) is 0 Å². The van der Waals surface area contributed by atoms with Gasteiger partial charge in [0, 0.05) is 23.2 Å². The molecule has 1 amide bonds. The van der Waals surface area contributed by atoms with Crippen molar-refractivity contribution in [1.29, 1.82) is 0 Å². The summed E-state index contributed by atoms with van der Waals surface area (Å²) in [6, 6.07) is 9.93. The first kappa shape index (κ1) is 9.84. The Balaban J connectivity index is 2.26. The number of fused-ring (bicyclic) bond motifs is 3. The molecule has 0 aliphatic carbocycles. The molecule has 0 atom stereocenters. The first-order chi connectivity index (χ1) is 8.24. The molecular formula is C13H11N3O. The fourth-order valence-corrected chi connectivity index (χ4v) is 2.00. The van der Waals surface area contributed by atoms with E-state index in [1.807, 2.05) is 30.3 Å². The van der Waals surface area contributed by atoms with Gasteiger partial charge in [-0.2, -0.15) is 0 Å². The summed E-state index contributed by atoms with van der Waals surface area (Å²) < 4.78 is 0. The molecule has 0 saturated heterocycles. The standard InChI is InChI=1S/C13H11N3O/c1-8(17)15-13-6-10-9-4-2-3-5-11(9)16-12(10)7-14-13/h2-7,16H,1H3,(H,14,15,17). The number of hydrogen-bond acceptors (Lipinski definition) is 2. The second-order valence-electron chi connectivity index (χ2n) is 3.97. The Hall–Kier alpha value is -2.36. The highest BCUT2D eigenvalue weighted by molar-refractivity contribution is 6.08. The predicted octanol–water partition coefficient (Wildman–Crippen LogP) is 2.67. The number of aromatic amines is 1. The van der Waals surface area contributed by atoms with Gasteiger partial charge in [0.05, 0.1) is 11.7 Å². The monoisotopic (exact) mass is 225 g/mol. The van der Waals surface area contributed by atoms with Gasteiger partial charge in [0.25, 0.3) is 0 Å². The zero-order chi connectivity index (χ0) is 11.8. The Kier molecular flexibility index (Phi) is 2.08. The van der Waals surface area contributed by atoms with Gasteiger partial charge >= 0.3 is 0 Å². The molecule has 2 heterocycles. The Morgan fingerprint density at radius 3 is 2.88 bits per heavy atom. The lowest BCUT2D eigenvalue weighted by atomic mass is 10.2. The SMILES string of the molecule is CC(=O)Nc1cc2c(cn1)[nH]c1ccccc12. The fraction of sp³-hybridized carbons (Fsp3) is 0.0769. The average Bonchev–Trinajstić information content (AvgIpc) is 2.66. The minimum atomic E-state index is -0.114. The van der Waals surface area contributed by atoms with Crippen LogP contribution in [-0.4, -0.2) is 15.9 Å². The third-order valence-electron chi connectivity index (χ3n) is 2.69. The van der Waals surface area contributed by atoms with Crippen LogP contribution >= 0.6 is 0 Å². The highest BCUT2D eigenvalue weighted by Crippen LogP contribution is 2.26. The van der Waals surface area contributed by atoms with Crippen molar-refractivity contribution in [3.05, 3.63) is 36.5 Å². The molecule has 84 valence electrons. The number of carbonyl (C=O) groups is 1. The van der Waals surface area contributed by atoms with Gasteiger partial charge in [0.15, 0.2) is 0 Å². The van der Waals surface area contributed by atoms with Gasteiger partial charge in [0.2, 0.25) is 5.91 Å². The van der Waals surface area contributed by atoms with Gasteiger partial charge in [-0.15, -0.1) is 0 Å². The maximum Gasteiger partial charge on any atom is 0.222 e. The minimum Gasteiger partial charge on any atom is -0.353 e. The highest BCUT2D eigenvalue weighted by atomic mass is 16.1. The summed E-state index contributed by atoms with van der Waals surface area (Å²) in [6.07, 6.45) is 1.74. The molecule has 0 radical (unpaired) electrons. The van der Waals surface area contributed by atoms with Gasteiger partial charge < -0.3 is 10.3 Å². The molecule has 0 fully saturated rings.